The second-order valence-electron chi connectivity index (χ2n) is 5.59. The van der Waals surface area contributed by atoms with E-state index in [9.17, 15) is 4.79 Å². The summed E-state index contributed by atoms with van der Waals surface area (Å²) in [5.74, 6) is -0.0378. The van der Waals surface area contributed by atoms with E-state index in [4.69, 9.17) is 0 Å². The SMILES string of the molecule is CC(NCC(=O)Nc1cccc2ccccc12)c1ccccc1. The second kappa shape index (κ2) is 7.07. The summed E-state index contributed by atoms with van der Waals surface area (Å²) in [6.07, 6.45) is 0. The Labute approximate surface area is 136 Å². The number of carbonyl (C=O) groups excluding carboxylic acids is 1. The summed E-state index contributed by atoms with van der Waals surface area (Å²) in [6.45, 7) is 2.33. The number of anilines is 1. The Morgan fingerprint density at radius 1 is 0.913 bits per heavy atom. The van der Waals surface area contributed by atoms with Gasteiger partial charge in [0.15, 0.2) is 0 Å². The van der Waals surface area contributed by atoms with Gasteiger partial charge < -0.3 is 10.6 Å². The molecule has 3 nitrogen and oxygen atoms in total. The maximum atomic E-state index is 12.2. The molecule has 1 unspecified atom stereocenters. The average Bonchev–Trinajstić information content (AvgIpc) is 2.61. The number of fused-ring (bicyclic) bond motifs is 1. The zero-order chi connectivity index (χ0) is 16.1. The fraction of sp³-hybridized carbons (Fsp3) is 0.150. The van der Waals surface area contributed by atoms with E-state index >= 15 is 0 Å². The van der Waals surface area contributed by atoms with Crippen LogP contribution in [0.4, 0.5) is 5.69 Å². The van der Waals surface area contributed by atoms with Crippen LogP contribution in [0.2, 0.25) is 0 Å². The summed E-state index contributed by atoms with van der Waals surface area (Å²) < 4.78 is 0. The lowest BCUT2D eigenvalue weighted by molar-refractivity contribution is -0.115. The molecule has 116 valence electrons. The summed E-state index contributed by atoms with van der Waals surface area (Å²) in [7, 11) is 0. The first-order chi connectivity index (χ1) is 11.2. The van der Waals surface area contributed by atoms with Crippen LogP contribution in [-0.4, -0.2) is 12.5 Å². The molecule has 0 spiro atoms. The number of nitrogens with one attached hydrogen (secondary N) is 2. The van der Waals surface area contributed by atoms with Gasteiger partial charge in [-0.15, -0.1) is 0 Å². The quantitative estimate of drug-likeness (QED) is 0.744. The molecule has 3 heteroatoms. The predicted octanol–water partition coefficient (Wildman–Crippen LogP) is 4.13. The molecule has 3 aromatic rings. The van der Waals surface area contributed by atoms with Crippen molar-refractivity contribution in [1.82, 2.24) is 5.32 Å². The van der Waals surface area contributed by atoms with Crippen LogP contribution in [0.25, 0.3) is 10.8 Å². The highest BCUT2D eigenvalue weighted by Gasteiger charge is 2.08. The lowest BCUT2D eigenvalue weighted by Gasteiger charge is -2.14. The van der Waals surface area contributed by atoms with Gasteiger partial charge in [-0.05, 0) is 23.9 Å². The number of carbonyl (C=O) groups is 1. The third-order valence-corrected chi connectivity index (χ3v) is 3.93. The molecule has 1 atom stereocenters. The van der Waals surface area contributed by atoms with Gasteiger partial charge >= 0.3 is 0 Å². The number of hydrogen-bond acceptors (Lipinski definition) is 2. The van der Waals surface area contributed by atoms with Crippen molar-refractivity contribution in [3.05, 3.63) is 78.4 Å². The van der Waals surface area contributed by atoms with E-state index in [1.54, 1.807) is 0 Å². The van der Waals surface area contributed by atoms with Crippen molar-refractivity contribution < 1.29 is 4.79 Å². The molecule has 0 bridgehead atoms. The molecule has 3 aromatic carbocycles. The molecule has 0 aromatic heterocycles. The van der Waals surface area contributed by atoms with Crippen molar-refractivity contribution in [3.8, 4) is 0 Å². The molecule has 0 saturated heterocycles. The lowest BCUT2D eigenvalue weighted by atomic mass is 10.1. The Kier molecular flexibility index (Phi) is 4.69. The van der Waals surface area contributed by atoms with E-state index in [0.717, 1.165) is 16.5 Å². The molecular formula is C20H20N2O. The molecule has 0 aliphatic carbocycles. The van der Waals surface area contributed by atoms with E-state index in [1.165, 1.54) is 5.56 Å². The highest BCUT2D eigenvalue weighted by molar-refractivity contribution is 6.02. The first-order valence-electron chi connectivity index (χ1n) is 7.80. The molecule has 0 aliphatic heterocycles. The van der Waals surface area contributed by atoms with E-state index in [0.29, 0.717) is 0 Å². The normalized spacial score (nSPS) is 12.0. The summed E-state index contributed by atoms with van der Waals surface area (Å²) in [4.78, 5) is 12.2. The third-order valence-electron chi connectivity index (χ3n) is 3.93. The van der Waals surface area contributed by atoms with Crippen LogP contribution < -0.4 is 10.6 Å². The Morgan fingerprint density at radius 2 is 1.61 bits per heavy atom. The molecule has 2 N–H and O–H groups in total. The molecule has 3 rings (SSSR count). The van der Waals surface area contributed by atoms with E-state index in [1.807, 2.05) is 60.7 Å². The minimum Gasteiger partial charge on any atom is -0.324 e. The van der Waals surface area contributed by atoms with Crippen LogP contribution in [0.1, 0.15) is 18.5 Å². The smallest absolute Gasteiger partial charge is 0.238 e. The molecule has 0 heterocycles. The largest absolute Gasteiger partial charge is 0.324 e. The Morgan fingerprint density at radius 3 is 2.43 bits per heavy atom. The first-order valence-corrected chi connectivity index (χ1v) is 7.80. The molecule has 23 heavy (non-hydrogen) atoms. The summed E-state index contributed by atoms with van der Waals surface area (Å²) in [5.41, 5.74) is 2.02. The highest BCUT2D eigenvalue weighted by atomic mass is 16.1. The Hall–Kier alpha value is -2.65. The Bertz CT molecular complexity index is 794. The molecular weight excluding hydrogens is 284 g/mol. The standard InChI is InChI=1S/C20H20N2O/c1-15(16-8-3-2-4-9-16)21-14-20(23)22-19-13-7-11-17-10-5-6-12-18(17)19/h2-13,15,21H,14H2,1H3,(H,22,23). The molecule has 0 aliphatic rings. The molecule has 1 amide bonds. The molecule has 0 saturated carbocycles. The van der Waals surface area contributed by atoms with Crippen molar-refractivity contribution in [2.24, 2.45) is 0 Å². The van der Waals surface area contributed by atoms with Gasteiger partial charge in [0, 0.05) is 17.1 Å². The summed E-state index contributed by atoms with van der Waals surface area (Å²) >= 11 is 0. The maximum absolute atomic E-state index is 12.2. The predicted molar refractivity (Wildman–Crippen MR) is 95.4 cm³/mol. The van der Waals surface area contributed by atoms with Crippen molar-refractivity contribution in [1.29, 1.82) is 0 Å². The van der Waals surface area contributed by atoms with E-state index < -0.39 is 0 Å². The van der Waals surface area contributed by atoms with Crippen molar-refractivity contribution in [2.45, 2.75) is 13.0 Å². The van der Waals surface area contributed by atoms with Gasteiger partial charge in [-0.25, -0.2) is 0 Å². The van der Waals surface area contributed by atoms with Gasteiger partial charge in [0.25, 0.3) is 0 Å². The summed E-state index contributed by atoms with van der Waals surface area (Å²) in [6, 6.07) is 24.2. The topological polar surface area (TPSA) is 41.1 Å². The zero-order valence-electron chi connectivity index (χ0n) is 13.1. The van der Waals surface area contributed by atoms with Gasteiger partial charge in [-0.2, -0.15) is 0 Å². The highest BCUT2D eigenvalue weighted by Crippen LogP contribution is 2.22. The first kappa shape index (κ1) is 15.3. The van der Waals surface area contributed by atoms with Crippen LogP contribution in [0, 0.1) is 0 Å². The number of rotatable bonds is 5. The zero-order valence-corrected chi connectivity index (χ0v) is 13.1. The molecule has 0 fully saturated rings. The van der Waals surface area contributed by atoms with Crippen LogP contribution >= 0.6 is 0 Å². The van der Waals surface area contributed by atoms with Gasteiger partial charge in [0.1, 0.15) is 0 Å². The van der Waals surface area contributed by atoms with Gasteiger partial charge in [-0.3, -0.25) is 4.79 Å². The van der Waals surface area contributed by atoms with Gasteiger partial charge in [-0.1, -0.05) is 66.7 Å². The van der Waals surface area contributed by atoms with Crippen LogP contribution in [-0.2, 0) is 4.79 Å². The Balaban J connectivity index is 1.63. The average molecular weight is 304 g/mol. The molecule has 0 radical (unpaired) electrons. The van der Waals surface area contributed by atoms with Crippen LogP contribution in [0.5, 0.6) is 0 Å². The number of benzene rings is 3. The van der Waals surface area contributed by atoms with E-state index in [2.05, 4.69) is 29.7 Å². The fourth-order valence-corrected chi connectivity index (χ4v) is 2.63. The van der Waals surface area contributed by atoms with Crippen molar-refractivity contribution in [2.75, 3.05) is 11.9 Å². The lowest BCUT2D eigenvalue weighted by Crippen LogP contribution is -2.30. The number of hydrogen-bond donors (Lipinski definition) is 2. The maximum Gasteiger partial charge on any atom is 0.238 e. The minimum absolute atomic E-state index is 0.0378. The third kappa shape index (κ3) is 3.76. The van der Waals surface area contributed by atoms with Crippen molar-refractivity contribution >= 4 is 22.4 Å². The minimum atomic E-state index is -0.0378. The summed E-state index contributed by atoms with van der Waals surface area (Å²) in [5, 5.41) is 8.42. The second-order valence-corrected chi connectivity index (χ2v) is 5.59. The van der Waals surface area contributed by atoms with Crippen LogP contribution in [0.3, 0.4) is 0 Å². The number of amides is 1. The van der Waals surface area contributed by atoms with Gasteiger partial charge in [0.05, 0.1) is 6.54 Å². The van der Waals surface area contributed by atoms with Crippen molar-refractivity contribution in [3.63, 3.8) is 0 Å². The monoisotopic (exact) mass is 304 g/mol. The van der Waals surface area contributed by atoms with Crippen LogP contribution in [0.15, 0.2) is 72.8 Å². The van der Waals surface area contributed by atoms with E-state index in [-0.39, 0.29) is 18.5 Å². The fourth-order valence-electron chi connectivity index (χ4n) is 2.63. The van der Waals surface area contributed by atoms with Gasteiger partial charge in [0.2, 0.25) is 5.91 Å².